The van der Waals surface area contributed by atoms with E-state index in [9.17, 15) is 8.78 Å². The monoisotopic (exact) mass is 339 g/mol. The molecule has 0 aromatic heterocycles. The number of benzene rings is 2. The zero-order valence-corrected chi connectivity index (χ0v) is 13.2. The molecule has 0 radical (unpaired) electrons. The molecule has 20 heavy (non-hydrogen) atoms. The number of nitrogens with one attached hydrogen (secondary N) is 1. The van der Waals surface area contributed by atoms with Gasteiger partial charge in [-0.1, -0.05) is 28.1 Å². The topological polar surface area (TPSA) is 12.0 Å². The summed E-state index contributed by atoms with van der Waals surface area (Å²) in [6, 6.07) is 7.90. The standard InChI is InChI=1S/C16H16BrF2N/c1-9-4-5-11(7-13(9)17)16(20-3)12-8-14(18)10(2)6-15(12)19/h4-8,16,20H,1-3H3. The molecule has 1 unspecified atom stereocenters. The zero-order valence-electron chi connectivity index (χ0n) is 11.6. The van der Waals surface area contributed by atoms with Crippen molar-refractivity contribution in [2.45, 2.75) is 19.9 Å². The Kier molecular flexibility index (Phi) is 4.55. The molecule has 0 aliphatic rings. The molecule has 2 rings (SSSR count). The lowest BCUT2D eigenvalue weighted by Gasteiger charge is -2.19. The Morgan fingerprint density at radius 1 is 1.00 bits per heavy atom. The summed E-state index contributed by atoms with van der Waals surface area (Å²) < 4.78 is 28.8. The maximum Gasteiger partial charge on any atom is 0.128 e. The van der Waals surface area contributed by atoms with Crippen LogP contribution in [0.15, 0.2) is 34.8 Å². The molecule has 0 spiro atoms. The molecule has 0 fully saturated rings. The van der Waals surface area contributed by atoms with E-state index < -0.39 is 11.6 Å². The third-order valence-corrected chi connectivity index (χ3v) is 4.26. The minimum Gasteiger partial charge on any atom is -0.309 e. The zero-order chi connectivity index (χ0) is 14.9. The maximum atomic E-state index is 14.1. The summed E-state index contributed by atoms with van der Waals surface area (Å²) in [4.78, 5) is 0. The lowest BCUT2D eigenvalue weighted by atomic mass is 9.96. The highest BCUT2D eigenvalue weighted by atomic mass is 79.9. The molecule has 0 bridgehead atoms. The van der Waals surface area contributed by atoms with Gasteiger partial charge < -0.3 is 5.32 Å². The molecule has 2 aromatic rings. The van der Waals surface area contributed by atoms with Crippen molar-refractivity contribution in [2.24, 2.45) is 0 Å². The van der Waals surface area contributed by atoms with Gasteiger partial charge in [-0.25, -0.2) is 8.78 Å². The van der Waals surface area contributed by atoms with Crippen molar-refractivity contribution >= 4 is 15.9 Å². The van der Waals surface area contributed by atoms with Crippen LogP contribution in [-0.2, 0) is 0 Å². The van der Waals surface area contributed by atoms with Crippen molar-refractivity contribution in [1.82, 2.24) is 5.32 Å². The molecule has 1 N–H and O–H groups in total. The summed E-state index contributed by atoms with van der Waals surface area (Å²) in [5, 5.41) is 3.04. The van der Waals surface area contributed by atoms with Crippen molar-refractivity contribution in [3.63, 3.8) is 0 Å². The molecule has 0 heterocycles. The summed E-state index contributed by atoms with van der Waals surface area (Å²) in [5.74, 6) is -0.798. The van der Waals surface area contributed by atoms with Crippen molar-refractivity contribution in [1.29, 1.82) is 0 Å². The predicted molar refractivity (Wildman–Crippen MR) is 80.9 cm³/mol. The van der Waals surface area contributed by atoms with E-state index in [1.807, 2.05) is 25.1 Å². The number of rotatable bonds is 3. The SMILES string of the molecule is CNC(c1ccc(C)c(Br)c1)c1cc(F)c(C)cc1F. The van der Waals surface area contributed by atoms with Crippen molar-refractivity contribution in [2.75, 3.05) is 7.05 Å². The minimum absolute atomic E-state index is 0.311. The van der Waals surface area contributed by atoms with Crippen LogP contribution in [-0.4, -0.2) is 7.05 Å². The van der Waals surface area contributed by atoms with Gasteiger partial charge in [0.1, 0.15) is 11.6 Å². The Morgan fingerprint density at radius 2 is 1.70 bits per heavy atom. The molecule has 2 aromatic carbocycles. The van der Waals surface area contributed by atoms with Crippen molar-refractivity contribution in [3.05, 3.63) is 68.7 Å². The fourth-order valence-corrected chi connectivity index (χ4v) is 2.57. The Hall–Kier alpha value is -1.26. The van der Waals surface area contributed by atoms with Gasteiger partial charge in [-0.05, 0) is 55.8 Å². The van der Waals surface area contributed by atoms with Crippen LogP contribution in [0.25, 0.3) is 0 Å². The van der Waals surface area contributed by atoms with Crippen LogP contribution in [0, 0.1) is 25.5 Å². The Bertz CT molecular complexity index is 641. The van der Waals surface area contributed by atoms with E-state index in [2.05, 4.69) is 21.2 Å². The number of halogens is 3. The summed E-state index contributed by atoms with van der Waals surface area (Å²) >= 11 is 3.47. The molecule has 0 saturated carbocycles. The fourth-order valence-electron chi connectivity index (χ4n) is 2.17. The van der Waals surface area contributed by atoms with E-state index in [-0.39, 0.29) is 6.04 Å². The highest BCUT2D eigenvalue weighted by molar-refractivity contribution is 9.10. The molecular formula is C16H16BrF2N. The number of aryl methyl sites for hydroxylation is 2. The maximum absolute atomic E-state index is 14.1. The molecule has 0 saturated heterocycles. The van der Waals surface area contributed by atoms with Gasteiger partial charge in [-0.2, -0.15) is 0 Å². The van der Waals surface area contributed by atoms with Gasteiger partial charge in [0.05, 0.1) is 6.04 Å². The van der Waals surface area contributed by atoms with E-state index in [4.69, 9.17) is 0 Å². The van der Waals surface area contributed by atoms with Crippen molar-refractivity contribution in [3.8, 4) is 0 Å². The van der Waals surface area contributed by atoms with Gasteiger partial charge in [-0.3, -0.25) is 0 Å². The number of hydrogen-bond donors (Lipinski definition) is 1. The molecule has 106 valence electrons. The van der Waals surface area contributed by atoms with Crippen molar-refractivity contribution < 1.29 is 8.78 Å². The van der Waals surface area contributed by atoms with Crippen LogP contribution < -0.4 is 5.32 Å². The van der Waals surface area contributed by atoms with Gasteiger partial charge in [-0.15, -0.1) is 0 Å². The van der Waals surface area contributed by atoms with E-state index in [1.54, 1.807) is 14.0 Å². The third-order valence-electron chi connectivity index (χ3n) is 3.41. The molecule has 0 amide bonds. The highest BCUT2D eigenvalue weighted by Crippen LogP contribution is 2.29. The average Bonchev–Trinajstić information content (AvgIpc) is 2.40. The summed E-state index contributed by atoms with van der Waals surface area (Å²) in [5.41, 5.74) is 2.60. The van der Waals surface area contributed by atoms with E-state index >= 15 is 0 Å². The minimum atomic E-state index is -0.403. The largest absolute Gasteiger partial charge is 0.309 e. The molecule has 1 atom stereocenters. The molecule has 4 heteroatoms. The van der Waals surface area contributed by atoms with Gasteiger partial charge in [0, 0.05) is 10.0 Å². The highest BCUT2D eigenvalue weighted by Gasteiger charge is 2.18. The average molecular weight is 340 g/mol. The quantitative estimate of drug-likeness (QED) is 0.857. The molecular weight excluding hydrogens is 324 g/mol. The van der Waals surface area contributed by atoms with Gasteiger partial charge in [0.25, 0.3) is 0 Å². The summed E-state index contributed by atoms with van der Waals surface area (Å²) in [6.45, 7) is 3.54. The second kappa shape index (κ2) is 6.02. The first-order valence-electron chi connectivity index (χ1n) is 6.33. The first kappa shape index (κ1) is 15.1. The lowest BCUT2D eigenvalue weighted by Crippen LogP contribution is -2.19. The van der Waals surface area contributed by atoms with Gasteiger partial charge in [0.2, 0.25) is 0 Å². The second-order valence-corrected chi connectivity index (χ2v) is 5.71. The Balaban J connectivity index is 2.52. The Morgan fingerprint density at radius 3 is 2.30 bits per heavy atom. The lowest BCUT2D eigenvalue weighted by molar-refractivity contribution is 0.553. The predicted octanol–water partition coefficient (Wildman–Crippen LogP) is 4.65. The molecule has 0 aliphatic carbocycles. The van der Waals surface area contributed by atoms with Gasteiger partial charge in [0.15, 0.2) is 0 Å². The normalized spacial score (nSPS) is 12.5. The number of hydrogen-bond acceptors (Lipinski definition) is 1. The molecule has 0 aliphatic heterocycles. The smallest absolute Gasteiger partial charge is 0.128 e. The van der Waals surface area contributed by atoms with Crippen LogP contribution in [0.5, 0.6) is 0 Å². The van der Waals surface area contributed by atoms with Gasteiger partial charge >= 0.3 is 0 Å². The first-order valence-corrected chi connectivity index (χ1v) is 7.12. The Labute approximate surface area is 126 Å². The summed E-state index contributed by atoms with van der Waals surface area (Å²) in [6.07, 6.45) is 0. The van der Waals surface area contributed by atoms with Crippen LogP contribution in [0.4, 0.5) is 8.78 Å². The summed E-state index contributed by atoms with van der Waals surface area (Å²) in [7, 11) is 1.73. The van der Waals surface area contributed by atoms with E-state index in [0.717, 1.165) is 15.6 Å². The van der Waals surface area contributed by atoms with Crippen LogP contribution in [0.2, 0.25) is 0 Å². The third kappa shape index (κ3) is 2.91. The second-order valence-electron chi connectivity index (χ2n) is 4.85. The van der Waals surface area contributed by atoms with Crippen LogP contribution in [0.3, 0.4) is 0 Å². The van der Waals surface area contributed by atoms with E-state index in [1.165, 1.54) is 12.1 Å². The van der Waals surface area contributed by atoms with E-state index in [0.29, 0.717) is 11.1 Å². The fraction of sp³-hybridized carbons (Fsp3) is 0.250. The van der Waals surface area contributed by atoms with Crippen LogP contribution in [0.1, 0.15) is 28.3 Å². The molecule has 1 nitrogen and oxygen atoms in total. The first-order chi connectivity index (χ1) is 9.43. The van der Waals surface area contributed by atoms with Crippen LogP contribution >= 0.6 is 15.9 Å².